The molecule has 6 heteroatoms. The van der Waals surface area contributed by atoms with Crippen LogP contribution in [0.25, 0.3) is 0 Å². The van der Waals surface area contributed by atoms with Crippen molar-refractivity contribution in [2.24, 2.45) is 0 Å². The largest absolute Gasteiger partial charge is 0.465 e. The van der Waals surface area contributed by atoms with E-state index in [9.17, 15) is 4.79 Å². The number of nitrogens with zero attached hydrogens (tertiary/aromatic N) is 2. The lowest BCUT2D eigenvalue weighted by Gasteiger charge is -1.99. The highest BCUT2D eigenvalue weighted by atomic mass is 79.9. The van der Waals surface area contributed by atoms with Gasteiger partial charge in [0, 0.05) is 6.20 Å². The SMILES string of the molecule is COC(=O)c1cnc(Br)nc1Cl. The van der Waals surface area contributed by atoms with Crippen molar-refractivity contribution in [2.45, 2.75) is 0 Å². The van der Waals surface area contributed by atoms with Crippen molar-refractivity contribution in [3.63, 3.8) is 0 Å². The first kappa shape index (κ1) is 9.41. The summed E-state index contributed by atoms with van der Waals surface area (Å²) >= 11 is 8.63. The first-order chi connectivity index (χ1) is 5.65. The molecule has 1 aromatic heterocycles. The first-order valence-corrected chi connectivity index (χ1v) is 4.08. The van der Waals surface area contributed by atoms with Gasteiger partial charge in [-0.2, -0.15) is 0 Å². The van der Waals surface area contributed by atoms with Crippen LogP contribution in [-0.2, 0) is 4.74 Å². The number of halogens is 2. The number of carbonyl (C=O) groups excluding carboxylic acids is 1. The first-order valence-electron chi connectivity index (χ1n) is 2.91. The van der Waals surface area contributed by atoms with Crippen LogP contribution in [0, 0.1) is 0 Å². The Kier molecular flexibility index (Phi) is 2.99. The zero-order chi connectivity index (χ0) is 9.14. The van der Waals surface area contributed by atoms with Crippen molar-refractivity contribution in [1.29, 1.82) is 0 Å². The molecule has 1 rings (SSSR count). The molecule has 0 aliphatic carbocycles. The van der Waals surface area contributed by atoms with E-state index in [-0.39, 0.29) is 10.7 Å². The van der Waals surface area contributed by atoms with E-state index in [1.54, 1.807) is 0 Å². The van der Waals surface area contributed by atoms with E-state index in [4.69, 9.17) is 11.6 Å². The third-order valence-electron chi connectivity index (χ3n) is 1.12. The molecule has 0 atom stereocenters. The molecule has 4 nitrogen and oxygen atoms in total. The number of aromatic nitrogens is 2. The van der Waals surface area contributed by atoms with Crippen molar-refractivity contribution < 1.29 is 9.53 Å². The van der Waals surface area contributed by atoms with E-state index in [0.717, 1.165) is 0 Å². The second-order valence-corrected chi connectivity index (χ2v) is 2.90. The predicted molar refractivity (Wildman–Crippen MR) is 46.1 cm³/mol. The van der Waals surface area contributed by atoms with Gasteiger partial charge in [0.2, 0.25) is 0 Å². The number of ether oxygens (including phenoxy) is 1. The molecule has 0 aromatic carbocycles. The molecule has 0 saturated heterocycles. The lowest BCUT2D eigenvalue weighted by atomic mass is 10.3. The maximum atomic E-state index is 10.9. The van der Waals surface area contributed by atoms with Crippen molar-refractivity contribution in [3.8, 4) is 0 Å². The summed E-state index contributed by atoms with van der Waals surface area (Å²) in [5.74, 6) is -0.549. The standard InChI is InChI=1S/C6H4BrClN2O2/c1-12-5(11)3-2-9-6(7)10-4(3)8/h2H,1H3. The topological polar surface area (TPSA) is 52.1 Å². The fraction of sp³-hybridized carbons (Fsp3) is 0.167. The Morgan fingerprint density at radius 3 is 2.92 bits per heavy atom. The average molecular weight is 251 g/mol. The number of rotatable bonds is 1. The molecule has 64 valence electrons. The fourth-order valence-electron chi connectivity index (χ4n) is 0.588. The van der Waals surface area contributed by atoms with Crippen LogP contribution in [0.2, 0.25) is 5.15 Å². The zero-order valence-corrected chi connectivity index (χ0v) is 8.39. The lowest BCUT2D eigenvalue weighted by Crippen LogP contribution is -2.04. The summed E-state index contributed by atoms with van der Waals surface area (Å²) in [7, 11) is 1.26. The van der Waals surface area contributed by atoms with Gasteiger partial charge in [-0.05, 0) is 15.9 Å². The monoisotopic (exact) mass is 250 g/mol. The predicted octanol–water partition coefficient (Wildman–Crippen LogP) is 1.68. The van der Waals surface area contributed by atoms with Gasteiger partial charge in [0.25, 0.3) is 0 Å². The lowest BCUT2D eigenvalue weighted by molar-refractivity contribution is 0.0600. The van der Waals surface area contributed by atoms with Crippen LogP contribution in [-0.4, -0.2) is 23.0 Å². The van der Waals surface area contributed by atoms with Gasteiger partial charge in [0.1, 0.15) is 10.7 Å². The quantitative estimate of drug-likeness (QED) is 0.433. The van der Waals surface area contributed by atoms with Crippen LogP contribution < -0.4 is 0 Å². The van der Waals surface area contributed by atoms with E-state index in [2.05, 4.69) is 30.6 Å². The average Bonchev–Trinajstić information content (AvgIpc) is 2.03. The van der Waals surface area contributed by atoms with E-state index in [0.29, 0.717) is 4.73 Å². The molecule has 0 fully saturated rings. The third kappa shape index (κ3) is 1.92. The van der Waals surface area contributed by atoms with Gasteiger partial charge in [-0.1, -0.05) is 11.6 Å². The maximum absolute atomic E-state index is 10.9. The Hall–Kier alpha value is -0.680. The molecule has 12 heavy (non-hydrogen) atoms. The summed E-state index contributed by atoms with van der Waals surface area (Å²) in [4.78, 5) is 18.4. The molecule has 1 aromatic rings. The number of hydrogen-bond acceptors (Lipinski definition) is 4. The fourth-order valence-corrected chi connectivity index (χ4v) is 1.18. The van der Waals surface area contributed by atoms with Crippen molar-refractivity contribution in [1.82, 2.24) is 9.97 Å². The molecule has 0 saturated carbocycles. The van der Waals surface area contributed by atoms with Crippen LogP contribution in [0.1, 0.15) is 10.4 Å². The Morgan fingerprint density at radius 1 is 1.75 bits per heavy atom. The van der Waals surface area contributed by atoms with Gasteiger partial charge in [-0.3, -0.25) is 0 Å². The van der Waals surface area contributed by atoms with Crippen molar-refractivity contribution in [2.75, 3.05) is 7.11 Å². The van der Waals surface area contributed by atoms with Gasteiger partial charge in [0.15, 0.2) is 4.73 Å². The molecule has 0 aliphatic rings. The molecule has 0 unspecified atom stereocenters. The minimum Gasteiger partial charge on any atom is -0.465 e. The molecule has 0 radical (unpaired) electrons. The summed E-state index contributed by atoms with van der Waals surface area (Å²) < 4.78 is 4.77. The Morgan fingerprint density at radius 2 is 2.42 bits per heavy atom. The minimum absolute atomic E-state index is 0.0729. The highest BCUT2D eigenvalue weighted by molar-refractivity contribution is 9.10. The second kappa shape index (κ2) is 3.82. The summed E-state index contributed by atoms with van der Waals surface area (Å²) in [6.07, 6.45) is 1.30. The van der Waals surface area contributed by atoms with Gasteiger partial charge in [-0.25, -0.2) is 14.8 Å². The van der Waals surface area contributed by atoms with E-state index in [1.165, 1.54) is 13.3 Å². The van der Waals surface area contributed by atoms with Gasteiger partial charge >= 0.3 is 5.97 Å². The molecular weight excluding hydrogens is 247 g/mol. The highest BCUT2D eigenvalue weighted by Crippen LogP contribution is 2.14. The number of methoxy groups -OCH3 is 1. The summed E-state index contributed by atoms with van der Waals surface area (Å²) in [6.45, 7) is 0. The molecule has 0 N–H and O–H groups in total. The summed E-state index contributed by atoms with van der Waals surface area (Å²) in [5, 5.41) is 0.0729. The number of hydrogen-bond donors (Lipinski definition) is 0. The normalized spacial score (nSPS) is 9.58. The van der Waals surface area contributed by atoms with Crippen LogP contribution in [0.15, 0.2) is 10.9 Å². The van der Waals surface area contributed by atoms with E-state index < -0.39 is 5.97 Å². The third-order valence-corrected chi connectivity index (χ3v) is 1.79. The maximum Gasteiger partial charge on any atom is 0.342 e. The molecule has 0 bridgehead atoms. The molecule has 0 aliphatic heterocycles. The Bertz CT molecular complexity index is 318. The molecular formula is C6H4BrClN2O2. The van der Waals surface area contributed by atoms with Crippen LogP contribution in [0.5, 0.6) is 0 Å². The van der Waals surface area contributed by atoms with Crippen LogP contribution in [0.3, 0.4) is 0 Å². The summed E-state index contributed by atoms with van der Waals surface area (Å²) in [6, 6.07) is 0. The smallest absolute Gasteiger partial charge is 0.342 e. The molecule has 1 heterocycles. The minimum atomic E-state index is -0.549. The zero-order valence-electron chi connectivity index (χ0n) is 6.04. The van der Waals surface area contributed by atoms with Crippen LogP contribution >= 0.6 is 27.5 Å². The highest BCUT2D eigenvalue weighted by Gasteiger charge is 2.12. The van der Waals surface area contributed by atoms with Gasteiger partial charge < -0.3 is 4.74 Å². The van der Waals surface area contributed by atoms with Crippen molar-refractivity contribution in [3.05, 3.63) is 21.6 Å². The van der Waals surface area contributed by atoms with Crippen LogP contribution in [0.4, 0.5) is 0 Å². The molecule has 0 amide bonds. The van der Waals surface area contributed by atoms with E-state index in [1.807, 2.05) is 0 Å². The van der Waals surface area contributed by atoms with Gasteiger partial charge in [-0.15, -0.1) is 0 Å². The van der Waals surface area contributed by atoms with E-state index >= 15 is 0 Å². The Balaban J connectivity index is 3.09. The van der Waals surface area contributed by atoms with Gasteiger partial charge in [0.05, 0.1) is 7.11 Å². The van der Waals surface area contributed by atoms with Crippen molar-refractivity contribution >= 4 is 33.5 Å². The second-order valence-electron chi connectivity index (χ2n) is 1.84. The Labute approximate surface area is 82.0 Å². The molecule has 0 spiro atoms. The number of carbonyl (C=O) groups is 1. The number of esters is 1. The summed E-state index contributed by atoms with van der Waals surface area (Å²) in [5.41, 5.74) is 0.155.